The Labute approximate surface area is 122 Å². The van der Waals surface area contributed by atoms with Crippen LogP contribution >= 0.6 is 11.3 Å². The molecule has 0 saturated heterocycles. The van der Waals surface area contributed by atoms with Gasteiger partial charge in [0.2, 0.25) is 0 Å². The number of Topliss-reactive ketones (excluding diaryl/α,β-unsaturated/α-hetero) is 1. The van der Waals surface area contributed by atoms with Gasteiger partial charge in [-0.15, -0.1) is 11.3 Å². The summed E-state index contributed by atoms with van der Waals surface area (Å²) in [6.45, 7) is 5.11. The fraction of sp³-hybridized carbons (Fsp3) is 0.500. The van der Waals surface area contributed by atoms with E-state index in [1.165, 1.54) is 24.3 Å². The highest BCUT2D eigenvalue weighted by Gasteiger charge is 2.35. The van der Waals surface area contributed by atoms with Crippen molar-refractivity contribution in [3.05, 3.63) is 21.9 Å². The molecule has 1 rings (SSSR count). The van der Waals surface area contributed by atoms with E-state index in [1.807, 2.05) is 0 Å². The Bertz CT molecular complexity index is 517. The van der Waals surface area contributed by atoms with Gasteiger partial charge < -0.3 is 10.4 Å². The zero-order valence-corrected chi connectivity index (χ0v) is 12.7. The molecule has 2 N–H and O–H groups in total. The molecule has 0 bridgehead atoms. The zero-order valence-electron chi connectivity index (χ0n) is 11.9. The van der Waals surface area contributed by atoms with Crippen LogP contribution in [0.3, 0.4) is 0 Å². The van der Waals surface area contributed by atoms with Crippen molar-refractivity contribution < 1.29 is 19.5 Å². The zero-order chi connectivity index (χ0) is 15.3. The Morgan fingerprint density at radius 3 is 2.30 bits per heavy atom. The lowest BCUT2D eigenvalue weighted by molar-refractivity contribution is -0.149. The summed E-state index contributed by atoms with van der Waals surface area (Å²) in [5, 5.41) is 13.6. The van der Waals surface area contributed by atoms with Crippen LogP contribution in [0.25, 0.3) is 0 Å². The largest absolute Gasteiger partial charge is 0.481 e. The highest BCUT2D eigenvalue weighted by atomic mass is 32.1. The minimum absolute atomic E-state index is 0.0848. The number of aliphatic carboxylic acids is 1. The third kappa shape index (κ3) is 3.45. The van der Waals surface area contributed by atoms with E-state index in [0.29, 0.717) is 23.3 Å². The van der Waals surface area contributed by atoms with Gasteiger partial charge in [-0.05, 0) is 25.8 Å². The van der Waals surface area contributed by atoms with Crippen LogP contribution in [0.1, 0.15) is 53.6 Å². The second-order valence-electron chi connectivity index (χ2n) is 4.73. The molecule has 0 aliphatic rings. The van der Waals surface area contributed by atoms with Crippen LogP contribution < -0.4 is 5.32 Å². The topological polar surface area (TPSA) is 83.5 Å². The number of carboxylic acids is 1. The standard InChI is InChI=1S/C14H19NO4S/c1-4-14(5-2,13(18)19)8-15-12(17)11-6-10(7-20-11)9(3)16/h6-7H,4-5,8H2,1-3H3,(H,15,17)(H,18,19). The number of ketones is 1. The number of hydrogen-bond donors (Lipinski definition) is 2. The first-order valence-electron chi connectivity index (χ1n) is 6.47. The smallest absolute Gasteiger partial charge is 0.311 e. The van der Waals surface area contributed by atoms with Gasteiger partial charge in [0, 0.05) is 17.5 Å². The van der Waals surface area contributed by atoms with Crippen LogP contribution in [0.2, 0.25) is 0 Å². The molecule has 0 atom stereocenters. The van der Waals surface area contributed by atoms with E-state index in [4.69, 9.17) is 0 Å². The van der Waals surface area contributed by atoms with Crippen molar-refractivity contribution in [2.75, 3.05) is 6.54 Å². The summed E-state index contributed by atoms with van der Waals surface area (Å²) in [5.74, 6) is -1.34. The second kappa shape index (κ2) is 6.65. The van der Waals surface area contributed by atoms with Crippen LogP contribution in [0, 0.1) is 5.41 Å². The second-order valence-corrected chi connectivity index (χ2v) is 5.64. The van der Waals surface area contributed by atoms with Crippen molar-refractivity contribution in [3.63, 3.8) is 0 Å². The Balaban J connectivity index is 2.75. The van der Waals surface area contributed by atoms with Crippen molar-refractivity contribution in [2.45, 2.75) is 33.6 Å². The monoisotopic (exact) mass is 297 g/mol. The lowest BCUT2D eigenvalue weighted by Gasteiger charge is -2.26. The lowest BCUT2D eigenvalue weighted by atomic mass is 9.82. The molecule has 20 heavy (non-hydrogen) atoms. The van der Waals surface area contributed by atoms with Crippen molar-refractivity contribution in [3.8, 4) is 0 Å². The van der Waals surface area contributed by atoms with Crippen molar-refractivity contribution in [2.24, 2.45) is 5.41 Å². The van der Waals surface area contributed by atoms with Gasteiger partial charge in [-0.3, -0.25) is 14.4 Å². The summed E-state index contributed by atoms with van der Waals surface area (Å²) in [6.07, 6.45) is 0.893. The SMILES string of the molecule is CCC(CC)(CNC(=O)c1cc(C(C)=O)cs1)C(=O)O. The Morgan fingerprint density at radius 1 is 1.30 bits per heavy atom. The Kier molecular flexibility index (Phi) is 5.44. The number of nitrogens with one attached hydrogen (secondary N) is 1. The number of thiophene rings is 1. The quantitative estimate of drug-likeness (QED) is 0.758. The van der Waals surface area contributed by atoms with E-state index in [1.54, 1.807) is 19.2 Å². The molecule has 1 amide bonds. The van der Waals surface area contributed by atoms with Crippen LogP contribution in [-0.2, 0) is 4.79 Å². The van der Waals surface area contributed by atoms with E-state index in [-0.39, 0.29) is 18.2 Å². The highest BCUT2D eigenvalue weighted by Crippen LogP contribution is 2.26. The summed E-state index contributed by atoms with van der Waals surface area (Å²) >= 11 is 1.18. The number of carboxylic acid groups (broad SMARTS) is 1. The molecule has 0 aromatic carbocycles. The van der Waals surface area contributed by atoms with E-state index < -0.39 is 11.4 Å². The van der Waals surface area contributed by atoms with Gasteiger partial charge in [0.05, 0.1) is 10.3 Å². The molecule has 0 spiro atoms. The van der Waals surface area contributed by atoms with E-state index >= 15 is 0 Å². The minimum atomic E-state index is -0.934. The van der Waals surface area contributed by atoms with Crippen LogP contribution in [0.15, 0.2) is 11.4 Å². The molecule has 0 saturated carbocycles. The van der Waals surface area contributed by atoms with Gasteiger partial charge in [-0.1, -0.05) is 13.8 Å². The molecule has 0 aliphatic heterocycles. The van der Waals surface area contributed by atoms with E-state index in [2.05, 4.69) is 5.32 Å². The molecule has 0 aliphatic carbocycles. The Hall–Kier alpha value is -1.69. The molecular formula is C14H19NO4S. The minimum Gasteiger partial charge on any atom is -0.481 e. The number of carbonyl (C=O) groups excluding carboxylic acids is 2. The van der Waals surface area contributed by atoms with Gasteiger partial charge in [-0.25, -0.2) is 0 Å². The van der Waals surface area contributed by atoms with Crippen molar-refractivity contribution >= 4 is 29.0 Å². The summed E-state index contributed by atoms with van der Waals surface area (Å²) in [4.78, 5) is 34.9. The third-order valence-electron chi connectivity index (χ3n) is 3.62. The van der Waals surface area contributed by atoms with Crippen molar-refractivity contribution in [1.82, 2.24) is 5.32 Å². The van der Waals surface area contributed by atoms with Crippen LogP contribution in [0.5, 0.6) is 0 Å². The third-order valence-corrected chi connectivity index (χ3v) is 4.55. The lowest BCUT2D eigenvalue weighted by Crippen LogP contribution is -2.42. The van der Waals surface area contributed by atoms with Crippen molar-refractivity contribution in [1.29, 1.82) is 0 Å². The maximum absolute atomic E-state index is 12.0. The summed E-state index contributed by atoms with van der Waals surface area (Å²) in [5.41, 5.74) is -0.438. The average Bonchev–Trinajstić information content (AvgIpc) is 2.89. The van der Waals surface area contributed by atoms with E-state index in [9.17, 15) is 19.5 Å². The number of hydrogen-bond acceptors (Lipinski definition) is 4. The molecule has 1 heterocycles. The average molecular weight is 297 g/mol. The first kappa shape index (κ1) is 16.4. The molecule has 0 unspecified atom stereocenters. The number of amides is 1. The number of rotatable bonds is 7. The van der Waals surface area contributed by atoms with Gasteiger partial charge in [-0.2, -0.15) is 0 Å². The molecule has 1 aromatic heterocycles. The maximum atomic E-state index is 12.0. The van der Waals surface area contributed by atoms with E-state index in [0.717, 1.165) is 0 Å². The fourth-order valence-corrected chi connectivity index (χ4v) is 2.72. The maximum Gasteiger partial charge on any atom is 0.311 e. The predicted molar refractivity (Wildman–Crippen MR) is 77.3 cm³/mol. The first-order chi connectivity index (χ1) is 9.36. The number of carbonyl (C=O) groups is 3. The summed E-state index contributed by atoms with van der Waals surface area (Å²) in [6, 6.07) is 1.53. The van der Waals surface area contributed by atoms with Gasteiger partial charge >= 0.3 is 5.97 Å². The van der Waals surface area contributed by atoms with Gasteiger partial charge in [0.15, 0.2) is 5.78 Å². The normalized spacial score (nSPS) is 11.2. The molecule has 0 fully saturated rings. The Morgan fingerprint density at radius 2 is 1.90 bits per heavy atom. The molecule has 0 radical (unpaired) electrons. The summed E-state index contributed by atoms with van der Waals surface area (Å²) in [7, 11) is 0. The highest BCUT2D eigenvalue weighted by molar-refractivity contribution is 7.12. The molecule has 5 nitrogen and oxygen atoms in total. The molecular weight excluding hydrogens is 278 g/mol. The molecule has 110 valence electrons. The fourth-order valence-electron chi connectivity index (χ4n) is 1.85. The van der Waals surface area contributed by atoms with Gasteiger partial charge in [0.1, 0.15) is 0 Å². The first-order valence-corrected chi connectivity index (χ1v) is 7.35. The van der Waals surface area contributed by atoms with Gasteiger partial charge in [0.25, 0.3) is 5.91 Å². The molecule has 6 heteroatoms. The predicted octanol–water partition coefficient (Wildman–Crippen LogP) is 2.57. The summed E-state index contributed by atoms with van der Waals surface area (Å²) < 4.78 is 0. The van der Waals surface area contributed by atoms with Crippen LogP contribution in [-0.4, -0.2) is 29.3 Å². The van der Waals surface area contributed by atoms with Crippen LogP contribution in [0.4, 0.5) is 0 Å². The molecule has 1 aromatic rings.